The SMILES string of the molecule is O=C(C[C@H]1C(=O)Nc2ncnn21)NC1CC1. The van der Waals surface area contributed by atoms with Crippen molar-refractivity contribution in [3.63, 3.8) is 0 Å². The first-order valence-corrected chi connectivity index (χ1v) is 5.24. The van der Waals surface area contributed by atoms with E-state index in [1.165, 1.54) is 11.0 Å². The van der Waals surface area contributed by atoms with Crippen LogP contribution in [0.2, 0.25) is 0 Å². The maximum absolute atomic E-state index is 11.6. The van der Waals surface area contributed by atoms with Crippen LogP contribution in [0, 0.1) is 0 Å². The molecule has 2 N–H and O–H groups in total. The van der Waals surface area contributed by atoms with Crippen LogP contribution in [-0.2, 0) is 9.59 Å². The molecule has 1 atom stereocenters. The van der Waals surface area contributed by atoms with Gasteiger partial charge in [-0.3, -0.25) is 14.9 Å². The Morgan fingerprint density at radius 3 is 3.19 bits per heavy atom. The molecule has 7 heteroatoms. The van der Waals surface area contributed by atoms with Crippen LogP contribution in [0.3, 0.4) is 0 Å². The fourth-order valence-electron chi connectivity index (χ4n) is 1.74. The van der Waals surface area contributed by atoms with Crippen LogP contribution in [0.15, 0.2) is 6.33 Å². The molecule has 2 aliphatic rings. The molecule has 1 saturated carbocycles. The first kappa shape index (κ1) is 9.32. The van der Waals surface area contributed by atoms with Gasteiger partial charge in [0.1, 0.15) is 12.4 Å². The Morgan fingerprint density at radius 1 is 1.62 bits per heavy atom. The van der Waals surface area contributed by atoms with Gasteiger partial charge < -0.3 is 5.32 Å². The molecule has 1 aliphatic heterocycles. The van der Waals surface area contributed by atoms with Crippen LogP contribution in [0.1, 0.15) is 25.3 Å². The normalized spacial score (nSPS) is 22.8. The van der Waals surface area contributed by atoms with Crippen LogP contribution < -0.4 is 10.6 Å². The van der Waals surface area contributed by atoms with Gasteiger partial charge in [-0.15, -0.1) is 0 Å². The summed E-state index contributed by atoms with van der Waals surface area (Å²) in [7, 11) is 0. The highest BCUT2D eigenvalue weighted by Gasteiger charge is 2.34. The summed E-state index contributed by atoms with van der Waals surface area (Å²) in [5.74, 6) is 0.0850. The van der Waals surface area contributed by atoms with Gasteiger partial charge in [0, 0.05) is 6.04 Å². The van der Waals surface area contributed by atoms with E-state index in [4.69, 9.17) is 0 Å². The minimum Gasteiger partial charge on any atom is -0.353 e. The summed E-state index contributed by atoms with van der Waals surface area (Å²) >= 11 is 0. The number of fused-ring (bicyclic) bond motifs is 1. The van der Waals surface area contributed by atoms with E-state index < -0.39 is 6.04 Å². The standard InChI is InChI=1S/C9H11N5O2/c15-7(12-5-1-2-5)3-6-8(16)13-9-10-4-11-14(6)9/h4-6H,1-3H2,(H,12,15)(H,10,11,13,16)/t6-/m0/s1. The van der Waals surface area contributed by atoms with Crippen molar-refractivity contribution < 1.29 is 9.59 Å². The number of anilines is 1. The maximum Gasteiger partial charge on any atom is 0.252 e. The molecule has 1 aromatic heterocycles. The Labute approximate surface area is 91.2 Å². The van der Waals surface area contributed by atoms with Gasteiger partial charge in [0.15, 0.2) is 0 Å². The third kappa shape index (κ3) is 1.54. The molecule has 1 aliphatic carbocycles. The van der Waals surface area contributed by atoms with Crippen molar-refractivity contribution in [2.45, 2.75) is 31.3 Å². The van der Waals surface area contributed by atoms with Crippen LogP contribution in [0.25, 0.3) is 0 Å². The summed E-state index contributed by atoms with van der Waals surface area (Å²) in [5, 5.41) is 9.33. The van der Waals surface area contributed by atoms with Crippen molar-refractivity contribution in [2.75, 3.05) is 5.32 Å². The van der Waals surface area contributed by atoms with Crippen molar-refractivity contribution in [1.82, 2.24) is 20.1 Å². The average molecular weight is 221 g/mol. The highest BCUT2D eigenvalue weighted by atomic mass is 16.2. The molecule has 1 fully saturated rings. The lowest BCUT2D eigenvalue weighted by Crippen LogP contribution is -2.30. The van der Waals surface area contributed by atoms with Crippen molar-refractivity contribution in [2.24, 2.45) is 0 Å². The maximum atomic E-state index is 11.6. The number of aromatic nitrogens is 3. The van der Waals surface area contributed by atoms with Gasteiger partial charge in [0.2, 0.25) is 11.9 Å². The van der Waals surface area contributed by atoms with E-state index in [9.17, 15) is 9.59 Å². The summed E-state index contributed by atoms with van der Waals surface area (Å²) in [5.41, 5.74) is 0. The number of nitrogens with zero attached hydrogens (tertiary/aromatic N) is 3. The van der Waals surface area contributed by atoms with Gasteiger partial charge in [0.25, 0.3) is 5.91 Å². The minimum atomic E-state index is -0.559. The Hall–Kier alpha value is -1.92. The first-order valence-electron chi connectivity index (χ1n) is 5.24. The minimum absolute atomic E-state index is 0.106. The number of carbonyl (C=O) groups is 2. The molecule has 1 aromatic rings. The van der Waals surface area contributed by atoms with Gasteiger partial charge in [0.05, 0.1) is 6.42 Å². The summed E-state index contributed by atoms with van der Waals surface area (Å²) in [4.78, 5) is 27.0. The third-order valence-corrected chi connectivity index (χ3v) is 2.73. The quantitative estimate of drug-likeness (QED) is 0.716. The number of hydrogen-bond acceptors (Lipinski definition) is 4. The Kier molecular flexibility index (Phi) is 1.92. The van der Waals surface area contributed by atoms with E-state index >= 15 is 0 Å². The number of rotatable bonds is 3. The van der Waals surface area contributed by atoms with E-state index in [-0.39, 0.29) is 18.2 Å². The Bertz CT molecular complexity index is 451. The van der Waals surface area contributed by atoms with E-state index in [2.05, 4.69) is 20.7 Å². The lowest BCUT2D eigenvalue weighted by molar-refractivity contribution is -0.126. The molecule has 16 heavy (non-hydrogen) atoms. The molecule has 0 saturated heterocycles. The van der Waals surface area contributed by atoms with E-state index in [1.807, 2.05) is 0 Å². The lowest BCUT2D eigenvalue weighted by atomic mass is 10.2. The van der Waals surface area contributed by atoms with Gasteiger partial charge >= 0.3 is 0 Å². The van der Waals surface area contributed by atoms with Gasteiger partial charge in [-0.1, -0.05) is 0 Å². The average Bonchev–Trinajstić information content (AvgIpc) is 2.84. The van der Waals surface area contributed by atoms with Crippen molar-refractivity contribution in [1.29, 1.82) is 0 Å². The topological polar surface area (TPSA) is 88.9 Å². The zero-order chi connectivity index (χ0) is 11.1. The summed E-state index contributed by atoms with van der Waals surface area (Å²) < 4.78 is 1.45. The largest absolute Gasteiger partial charge is 0.353 e. The second-order valence-corrected chi connectivity index (χ2v) is 4.08. The number of amides is 2. The first-order chi connectivity index (χ1) is 7.74. The number of carbonyl (C=O) groups excluding carboxylic acids is 2. The van der Waals surface area contributed by atoms with E-state index in [1.54, 1.807) is 0 Å². The molecule has 3 rings (SSSR count). The molecule has 0 aromatic carbocycles. The smallest absolute Gasteiger partial charge is 0.252 e. The van der Waals surface area contributed by atoms with Gasteiger partial charge in [-0.25, -0.2) is 4.68 Å². The highest BCUT2D eigenvalue weighted by molar-refractivity contribution is 5.98. The van der Waals surface area contributed by atoms with Crippen molar-refractivity contribution >= 4 is 17.8 Å². The predicted molar refractivity (Wildman–Crippen MR) is 53.5 cm³/mol. The Balaban J connectivity index is 1.70. The number of nitrogens with one attached hydrogen (secondary N) is 2. The van der Waals surface area contributed by atoms with Gasteiger partial charge in [-0.2, -0.15) is 10.1 Å². The fourth-order valence-corrected chi connectivity index (χ4v) is 1.74. The molecular weight excluding hydrogens is 210 g/mol. The lowest BCUT2D eigenvalue weighted by Gasteiger charge is -2.08. The molecule has 0 unspecified atom stereocenters. The molecule has 0 spiro atoms. The third-order valence-electron chi connectivity index (χ3n) is 2.73. The molecule has 2 heterocycles. The molecular formula is C9H11N5O2. The second-order valence-electron chi connectivity index (χ2n) is 4.08. The fraction of sp³-hybridized carbons (Fsp3) is 0.556. The molecule has 0 bridgehead atoms. The van der Waals surface area contributed by atoms with Crippen LogP contribution in [0.5, 0.6) is 0 Å². The zero-order valence-corrected chi connectivity index (χ0v) is 8.51. The number of hydrogen-bond donors (Lipinski definition) is 2. The van der Waals surface area contributed by atoms with Crippen LogP contribution in [0.4, 0.5) is 5.95 Å². The monoisotopic (exact) mass is 221 g/mol. The van der Waals surface area contributed by atoms with Crippen LogP contribution in [-0.4, -0.2) is 32.6 Å². The van der Waals surface area contributed by atoms with Crippen molar-refractivity contribution in [3.05, 3.63) is 6.33 Å². The van der Waals surface area contributed by atoms with E-state index in [0.29, 0.717) is 12.0 Å². The van der Waals surface area contributed by atoms with E-state index in [0.717, 1.165) is 12.8 Å². The molecule has 7 nitrogen and oxygen atoms in total. The summed E-state index contributed by atoms with van der Waals surface area (Å²) in [6, 6.07) is -0.247. The van der Waals surface area contributed by atoms with Crippen molar-refractivity contribution in [3.8, 4) is 0 Å². The summed E-state index contributed by atoms with van der Waals surface area (Å²) in [6.45, 7) is 0. The summed E-state index contributed by atoms with van der Waals surface area (Å²) in [6.07, 6.45) is 3.56. The highest BCUT2D eigenvalue weighted by Crippen LogP contribution is 2.24. The zero-order valence-electron chi connectivity index (χ0n) is 8.51. The van der Waals surface area contributed by atoms with Crippen LogP contribution >= 0.6 is 0 Å². The molecule has 0 radical (unpaired) electrons. The molecule has 2 amide bonds. The second kappa shape index (κ2) is 3.29. The molecule has 84 valence electrons. The Morgan fingerprint density at radius 2 is 2.44 bits per heavy atom. The van der Waals surface area contributed by atoms with Gasteiger partial charge in [-0.05, 0) is 12.8 Å². The predicted octanol–water partition coefficient (Wildman–Crippen LogP) is -0.560.